The molecular formula is C17H13N3O2S2. The molecule has 0 spiro atoms. The number of nitrogens with two attached hydrogens (primary N) is 1. The Labute approximate surface area is 142 Å². The van der Waals surface area contributed by atoms with Crippen LogP contribution in [0, 0.1) is 0 Å². The molecule has 120 valence electrons. The third-order valence-electron chi connectivity index (χ3n) is 3.80. The van der Waals surface area contributed by atoms with Gasteiger partial charge in [-0.25, -0.2) is 18.5 Å². The van der Waals surface area contributed by atoms with Crippen molar-refractivity contribution in [1.82, 2.24) is 9.97 Å². The largest absolute Gasteiger partial charge is 0.360 e. The normalized spacial score (nSPS) is 11.9. The summed E-state index contributed by atoms with van der Waals surface area (Å²) in [6.45, 7) is 0. The lowest BCUT2D eigenvalue weighted by atomic mass is 10.1. The van der Waals surface area contributed by atoms with E-state index in [1.165, 1.54) is 23.5 Å². The van der Waals surface area contributed by atoms with Crippen molar-refractivity contribution < 1.29 is 8.42 Å². The molecule has 7 heteroatoms. The fourth-order valence-corrected chi connectivity index (χ4v) is 3.94. The Morgan fingerprint density at radius 2 is 1.79 bits per heavy atom. The maximum Gasteiger partial charge on any atom is 0.238 e. The van der Waals surface area contributed by atoms with Crippen LogP contribution in [0.5, 0.6) is 0 Å². The summed E-state index contributed by atoms with van der Waals surface area (Å²) in [7, 11) is -3.68. The molecule has 0 unspecified atom stereocenters. The number of rotatable bonds is 3. The van der Waals surface area contributed by atoms with Crippen LogP contribution in [0.1, 0.15) is 0 Å². The number of hydrogen-bond acceptors (Lipinski definition) is 4. The molecule has 0 atom stereocenters. The molecule has 0 aliphatic carbocycles. The molecular weight excluding hydrogens is 342 g/mol. The molecule has 0 saturated heterocycles. The van der Waals surface area contributed by atoms with E-state index in [1.54, 1.807) is 12.1 Å². The molecule has 2 aromatic heterocycles. The Kier molecular flexibility index (Phi) is 3.49. The number of nitrogens with zero attached hydrogens (tertiary/aromatic N) is 1. The summed E-state index contributed by atoms with van der Waals surface area (Å²) >= 11 is 1.52. The van der Waals surface area contributed by atoms with E-state index in [9.17, 15) is 8.42 Å². The minimum absolute atomic E-state index is 0.0969. The van der Waals surface area contributed by atoms with Crippen molar-refractivity contribution >= 4 is 32.3 Å². The van der Waals surface area contributed by atoms with E-state index < -0.39 is 10.0 Å². The number of aromatic amines is 1. The Balaban J connectivity index is 1.73. The molecule has 0 aliphatic heterocycles. The number of aromatic nitrogens is 2. The molecule has 24 heavy (non-hydrogen) atoms. The van der Waals surface area contributed by atoms with Crippen LogP contribution in [0.15, 0.2) is 65.0 Å². The molecule has 4 aromatic rings. The zero-order chi connectivity index (χ0) is 16.7. The second-order valence-corrected chi connectivity index (χ2v) is 7.77. The average Bonchev–Trinajstić information content (AvgIpc) is 3.21. The summed E-state index contributed by atoms with van der Waals surface area (Å²) in [5.41, 5.74) is 3.87. The van der Waals surface area contributed by atoms with E-state index in [0.29, 0.717) is 0 Å². The van der Waals surface area contributed by atoms with Gasteiger partial charge in [0.1, 0.15) is 5.01 Å². The van der Waals surface area contributed by atoms with E-state index in [4.69, 9.17) is 5.14 Å². The standard InChI is InChI=1S/C17H13N3O2S2/c18-24(21,22)12-7-5-11(6-8-12)17-20-16(10-23-17)14-9-19-15-4-2-1-3-13(14)15/h1-10,19H,(H2,18,21,22). The lowest BCUT2D eigenvalue weighted by molar-refractivity contribution is 0.598. The van der Waals surface area contributed by atoms with Crippen LogP contribution in [0.4, 0.5) is 0 Å². The molecule has 0 radical (unpaired) electrons. The molecule has 0 bridgehead atoms. The van der Waals surface area contributed by atoms with Crippen LogP contribution in [0.25, 0.3) is 32.7 Å². The predicted octanol–water partition coefficient (Wildman–Crippen LogP) is 3.61. The molecule has 4 rings (SSSR count). The van der Waals surface area contributed by atoms with Crippen molar-refractivity contribution in [3.63, 3.8) is 0 Å². The van der Waals surface area contributed by atoms with Gasteiger partial charge in [-0.3, -0.25) is 0 Å². The Hall–Kier alpha value is -2.48. The van der Waals surface area contributed by atoms with E-state index in [2.05, 4.69) is 16.0 Å². The third-order valence-corrected chi connectivity index (χ3v) is 5.62. The summed E-state index contributed by atoms with van der Waals surface area (Å²) in [5, 5.41) is 9.07. The fourth-order valence-electron chi connectivity index (χ4n) is 2.60. The number of para-hydroxylation sites is 1. The van der Waals surface area contributed by atoms with E-state index in [-0.39, 0.29) is 4.90 Å². The van der Waals surface area contributed by atoms with Gasteiger partial charge in [-0.05, 0) is 18.2 Å². The van der Waals surface area contributed by atoms with Crippen LogP contribution in [-0.4, -0.2) is 18.4 Å². The predicted molar refractivity (Wildman–Crippen MR) is 96.2 cm³/mol. The van der Waals surface area contributed by atoms with Gasteiger partial charge < -0.3 is 4.98 Å². The van der Waals surface area contributed by atoms with Crippen molar-refractivity contribution in [2.75, 3.05) is 0 Å². The number of fused-ring (bicyclic) bond motifs is 1. The van der Waals surface area contributed by atoms with Gasteiger partial charge in [-0.1, -0.05) is 30.3 Å². The van der Waals surface area contributed by atoms with Crippen LogP contribution in [0.2, 0.25) is 0 Å². The maximum absolute atomic E-state index is 11.3. The zero-order valence-corrected chi connectivity index (χ0v) is 14.1. The van der Waals surface area contributed by atoms with E-state index in [0.717, 1.165) is 32.7 Å². The average molecular weight is 355 g/mol. The maximum atomic E-state index is 11.3. The van der Waals surface area contributed by atoms with Gasteiger partial charge in [-0.2, -0.15) is 0 Å². The van der Waals surface area contributed by atoms with Crippen molar-refractivity contribution in [3.05, 3.63) is 60.1 Å². The molecule has 5 nitrogen and oxygen atoms in total. The lowest BCUT2D eigenvalue weighted by Gasteiger charge is -2.00. The number of benzene rings is 2. The first-order valence-electron chi connectivity index (χ1n) is 7.17. The number of hydrogen-bond donors (Lipinski definition) is 2. The second kappa shape index (κ2) is 5.55. The van der Waals surface area contributed by atoms with Gasteiger partial charge in [0.15, 0.2) is 0 Å². The SMILES string of the molecule is NS(=O)(=O)c1ccc(-c2nc(-c3c[nH]c4ccccc34)cs2)cc1. The molecule has 0 aliphatic rings. The minimum atomic E-state index is -3.68. The summed E-state index contributed by atoms with van der Waals surface area (Å²) in [6, 6.07) is 14.5. The molecule has 0 amide bonds. The molecule has 2 aromatic carbocycles. The second-order valence-electron chi connectivity index (χ2n) is 5.36. The third kappa shape index (κ3) is 2.62. The van der Waals surface area contributed by atoms with Gasteiger partial charge in [0, 0.05) is 33.6 Å². The van der Waals surface area contributed by atoms with Crippen LogP contribution < -0.4 is 5.14 Å². The minimum Gasteiger partial charge on any atom is -0.360 e. The highest BCUT2D eigenvalue weighted by molar-refractivity contribution is 7.89. The smallest absolute Gasteiger partial charge is 0.238 e. The quantitative estimate of drug-likeness (QED) is 0.588. The van der Waals surface area contributed by atoms with E-state index in [1.807, 2.05) is 29.8 Å². The summed E-state index contributed by atoms with van der Waals surface area (Å²) < 4.78 is 22.7. The van der Waals surface area contributed by atoms with Crippen molar-refractivity contribution in [2.24, 2.45) is 5.14 Å². The fraction of sp³-hybridized carbons (Fsp3) is 0. The Morgan fingerprint density at radius 1 is 1.04 bits per heavy atom. The summed E-state index contributed by atoms with van der Waals surface area (Å²) in [6.07, 6.45) is 1.95. The summed E-state index contributed by atoms with van der Waals surface area (Å²) in [5.74, 6) is 0. The van der Waals surface area contributed by atoms with Gasteiger partial charge in [0.25, 0.3) is 0 Å². The summed E-state index contributed by atoms with van der Waals surface area (Å²) in [4.78, 5) is 8.02. The first-order valence-corrected chi connectivity index (χ1v) is 9.60. The van der Waals surface area contributed by atoms with Crippen LogP contribution >= 0.6 is 11.3 Å². The number of H-pyrrole nitrogens is 1. The van der Waals surface area contributed by atoms with Gasteiger partial charge in [-0.15, -0.1) is 11.3 Å². The number of nitrogens with one attached hydrogen (secondary N) is 1. The van der Waals surface area contributed by atoms with Crippen molar-refractivity contribution in [2.45, 2.75) is 4.90 Å². The number of sulfonamides is 1. The highest BCUT2D eigenvalue weighted by atomic mass is 32.2. The first kappa shape index (κ1) is 15.1. The first-order chi connectivity index (χ1) is 11.5. The highest BCUT2D eigenvalue weighted by Gasteiger charge is 2.12. The van der Waals surface area contributed by atoms with Crippen LogP contribution in [-0.2, 0) is 10.0 Å². The molecule has 0 fully saturated rings. The van der Waals surface area contributed by atoms with Gasteiger partial charge in [0.05, 0.1) is 10.6 Å². The Bertz CT molecular complexity index is 1130. The monoisotopic (exact) mass is 355 g/mol. The van der Waals surface area contributed by atoms with Crippen molar-refractivity contribution in [3.8, 4) is 21.8 Å². The van der Waals surface area contributed by atoms with Gasteiger partial charge >= 0.3 is 0 Å². The number of thiazole rings is 1. The van der Waals surface area contributed by atoms with Crippen molar-refractivity contribution in [1.29, 1.82) is 0 Å². The highest BCUT2D eigenvalue weighted by Crippen LogP contribution is 2.33. The number of primary sulfonamides is 1. The molecule has 2 heterocycles. The molecule has 0 saturated carbocycles. The van der Waals surface area contributed by atoms with E-state index >= 15 is 0 Å². The zero-order valence-electron chi connectivity index (χ0n) is 12.4. The molecule has 3 N–H and O–H groups in total. The topological polar surface area (TPSA) is 88.8 Å². The van der Waals surface area contributed by atoms with Gasteiger partial charge in [0.2, 0.25) is 10.0 Å². The van der Waals surface area contributed by atoms with Crippen LogP contribution in [0.3, 0.4) is 0 Å². The lowest BCUT2D eigenvalue weighted by Crippen LogP contribution is -2.11. The Morgan fingerprint density at radius 3 is 2.54 bits per heavy atom.